The maximum Gasteiger partial charge on any atom is 0.308 e. The predicted octanol–water partition coefficient (Wildman–Crippen LogP) is 1.82. The fraction of sp³-hybridized carbons (Fsp3) is 0.357. The van der Waals surface area contributed by atoms with E-state index in [1.807, 2.05) is 18.2 Å². The Bertz CT molecular complexity index is 546. The summed E-state index contributed by atoms with van der Waals surface area (Å²) in [5.74, 6) is 0.169. The van der Waals surface area contributed by atoms with Crippen molar-refractivity contribution in [2.75, 3.05) is 7.11 Å². The summed E-state index contributed by atoms with van der Waals surface area (Å²) in [7, 11) is 1.29. The van der Waals surface area contributed by atoms with E-state index in [9.17, 15) is 9.90 Å². The number of benzene rings is 1. The minimum Gasteiger partial charge on any atom is -0.469 e. The third-order valence-electron chi connectivity index (χ3n) is 3.21. The summed E-state index contributed by atoms with van der Waals surface area (Å²) in [6.45, 7) is 0. The lowest BCUT2D eigenvalue weighted by atomic mass is 9.83. The second-order valence-electron chi connectivity index (χ2n) is 4.74. The number of rotatable bonds is 4. The molecule has 5 nitrogen and oxygen atoms in total. The molecule has 2 rings (SSSR count). The first-order valence-corrected chi connectivity index (χ1v) is 6.92. The number of ether oxygens (including phenoxy) is 2. The molecule has 1 aliphatic heterocycles. The summed E-state index contributed by atoms with van der Waals surface area (Å²) in [6.07, 6.45) is 2.42. The molecule has 108 valence electrons. The second kappa shape index (κ2) is 5.95. The highest BCUT2D eigenvalue weighted by Crippen LogP contribution is 2.38. The van der Waals surface area contributed by atoms with Crippen LogP contribution in [0.2, 0.25) is 0 Å². The van der Waals surface area contributed by atoms with E-state index in [4.69, 9.17) is 10.5 Å². The molecule has 0 saturated heterocycles. The van der Waals surface area contributed by atoms with Gasteiger partial charge >= 0.3 is 5.97 Å². The Morgan fingerprint density at radius 2 is 2.35 bits per heavy atom. The van der Waals surface area contributed by atoms with Crippen molar-refractivity contribution in [3.05, 3.63) is 40.6 Å². The fourth-order valence-corrected chi connectivity index (χ4v) is 2.55. The Kier molecular flexibility index (Phi) is 4.47. The van der Waals surface area contributed by atoms with E-state index in [0.29, 0.717) is 5.75 Å². The van der Waals surface area contributed by atoms with Gasteiger partial charge in [-0.05, 0) is 24.6 Å². The van der Waals surface area contributed by atoms with Gasteiger partial charge in [-0.15, -0.1) is 0 Å². The van der Waals surface area contributed by atoms with Crippen molar-refractivity contribution in [3.63, 3.8) is 0 Å². The molecule has 1 aromatic rings. The van der Waals surface area contributed by atoms with Crippen molar-refractivity contribution < 1.29 is 19.4 Å². The standard InChI is InChI=1S/C14H16BrNO4/c1-19-13(18)7-10(17)8-14(16)4-5-20-12-6-9(15)2-3-11(12)14/h2-6,10,17H,7-8,16H2,1H3/t10?,14-/m1/s1. The van der Waals surface area contributed by atoms with Crippen LogP contribution >= 0.6 is 15.9 Å². The van der Waals surface area contributed by atoms with Crippen LogP contribution in [0.1, 0.15) is 18.4 Å². The van der Waals surface area contributed by atoms with Crippen molar-refractivity contribution in [3.8, 4) is 5.75 Å². The average molecular weight is 342 g/mol. The van der Waals surface area contributed by atoms with Crippen molar-refractivity contribution in [1.82, 2.24) is 0 Å². The molecule has 1 aliphatic rings. The molecule has 0 amide bonds. The highest BCUT2D eigenvalue weighted by atomic mass is 79.9. The maximum absolute atomic E-state index is 11.2. The molecular formula is C14H16BrNO4. The minimum atomic E-state index is -0.883. The van der Waals surface area contributed by atoms with Gasteiger partial charge in [0.15, 0.2) is 0 Å². The SMILES string of the molecule is COC(=O)CC(O)C[C@]1(N)C=COc2cc(Br)ccc21. The number of aliphatic hydroxyl groups excluding tert-OH is 1. The van der Waals surface area contributed by atoms with Gasteiger partial charge in [0.2, 0.25) is 0 Å². The topological polar surface area (TPSA) is 81.8 Å². The summed E-state index contributed by atoms with van der Waals surface area (Å²) >= 11 is 3.37. The van der Waals surface area contributed by atoms with Gasteiger partial charge in [0.25, 0.3) is 0 Å². The molecule has 6 heteroatoms. The summed E-state index contributed by atoms with van der Waals surface area (Å²) in [6, 6.07) is 5.51. The fourth-order valence-electron chi connectivity index (χ4n) is 2.21. The summed E-state index contributed by atoms with van der Waals surface area (Å²) in [4.78, 5) is 11.2. The predicted molar refractivity (Wildman–Crippen MR) is 77.0 cm³/mol. The van der Waals surface area contributed by atoms with E-state index >= 15 is 0 Å². The maximum atomic E-state index is 11.2. The van der Waals surface area contributed by atoms with Gasteiger partial charge in [0.1, 0.15) is 5.75 Å². The van der Waals surface area contributed by atoms with Crippen molar-refractivity contribution >= 4 is 21.9 Å². The molecular weight excluding hydrogens is 326 g/mol. The Balaban J connectivity index is 2.20. The van der Waals surface area contributed by atoms with Crippen LogP contribution in [0.3, 0.4) is 0 Å². The Labute approximate surface area is 125 Å². The molecule has 1 aromatic carbocycles. The zero-order chi connectivity index (χ0) is 14.8. The zero-order valence-corrected chi connectivity index (χ0v) is 12.6. The number of aliphatic hydroxyl groups is 1. The van der Waals surface area contributed by atoms with Crippen LogP contribution in [0.15, 0.2) is 35.0 Å². The van der Waals surface area contributed by atoms with Crippen LogP contribution in [-0.4, -0.2) is 24.3 Å². The van der Waals surface area contributed by atoms with Crippen LogP contribution < -0.4 is 10.5 Å². The van der Waals surface area contributed by atoms with Crippen LogP contribution in [0, 0.1) is 0 Å². The lowest BCUT2D eigenvalue weighted by Gasteiger charge is -2.32. The number of halogens is 1. The Hall–Kier alpha value is -1.37. The summed E-state index contributed by atoms with van der Waals surface area (Å²) in [5, 5.41) is 9.98. The Morgan fingerprint density at radius 1 is 1.60 bits per heavy atom. The van der Waals surface area contributed by atoms with Gasteiger partial charge in [-0.25, -0.2) is 0 Å². The summed E-state index contributed by atoms with van der Waals surface area (Å²) < 4.78 is 10.8. The van der Waals surface area contributed by atoms with E-state index in [1.165, 1.54) is 13.4 Å². The number of hydrogen-bond acceptors (Lipinski definition) is 5. The van der Waals surface area contributed by atoms with Crippen LogP contribution in [0.25, 0.3) is 0 Å². The number of carbonyl (C=O) groups is 1. The normalized spacial score (nSPS) is 21.8. The monoisotopic (exact) mass is 341 g/mol. The molecule has 1 heterocycles. The van der Waals surface area contributed by atoms with E-state index in [-0.39, 0.29) is 12.8 Å². The van der Waals surface area contributed by atoms with E-state index < -0.39 is 17.6 Å². The first-order chi connectivity index (χ1) is 9.44. The first-order valence-electron chi connectivity index (χ1n) is 6.13. The third-order valence-corrected chi connectivity index (χ3v) is 3.70. The van der Waals surface area contributed by atoms with Crippen molar-refractivity contribution in [2.24, 2.45) is 5.73 Å². The number of hydrogen-bond donors (Lipinski definition) is 2. The Morgan fingerprint density at radius 3 is 3.05 bits per heavy atom. The van der Waals surface area contributed by atoms with Gasteiger partial charge in [-0.3, -0.25) is 4.79 Å². The number of fused-ring (bicyclic) bond motifs is 1. The number of esters is 1. The van der Waals surface area contributed by atoms with Crippen molar-refractivity contribution in [2.45, 2.75) is 24.5 Å². The average Bonchev–Trinajstić information content (AvgIpc) is 2.37. The van der Waals surface area contributed by atoms with E-state index in [1.54, 1.807) is 6.08 Å². The molecule has 0 spiro atoms. The van der Waals surface area contributed by atoms with Gasteiger partial charge in [-0.2, -0.15) is 0 Å². The molecule has 0 aliphatic carbocycles. The molecule has 1 unspecified atom stereocenters. The minimum absolute atomic E-state index is 0.0873. The molecule has 3 N–H and O–H groups in total. The molecule has 0 aromatic heterocycles. The highest BCUT2D eigenvalue weighted by molar-refractivity contribution is 9.10. The molecule has 0 bridgehead atoms. The smallest absolute Gasteiger partial charge is 0.308 e. The third kappa shape index (κ3) is 3.20. The van der Waals surface area contributed by atoms with Crippen LogP contribution in [0.4, 0.5) is 0 Å². The number of nitrogens with two attached hydrogens (primary N) is 1. The lowest BCUT2D eigenvalue weighted by Crippen LogP contribution is -2.40. The lowest BCUT2D eigenvalue weighted by molar-refractivity contribution is -0.143. The van der Waals surface area contributed by atoms with Gasteiger partial charge in [-0.1, -0.05) is 22.0 Å². The summed E-state index contributed by atoms with van der Waals surface area (Å²) in [5.41, 5.74) is 6.24. The first kappa shape index (κ1) is 15.0. The molecule has 0 radical (unpaired) electrons. The number of methoxy groups -OCH3 is 1. The van der Waals surface area contributed by atoms with Gasteiger partial charge in [0.05, 0.1) is 31.4 Å². The van der Waals surface area contributed by atoms with Crippen LogP contribution in [0.5, 0.6) is 5.75 Å². The van der Waals surface area contributed by atoms with Gasteiger partial charge < -0.3 is 20.3 Å². The van der Waals surface area contributed by atoms with E-state index in [0.717, 1.165) is 10.0 Å². The van der Waals surface area contributed by atoms with Crippen LogP contribution in [-0.2, 0) is 15.1 Å². The quantitative estimate of drug-likeness (QED) is 0.816. The van der Waals surface area contributed by atoms with E-state index in [2.05, 4.69) is 20.7 Å². The second-order valence-corrected chi connectivity index (χ2v) is 5.66. The zero-order valence-electron chi connectivity index (χ0n) is 11.0. The molecule has 20 heavy (non-hydrogen) atoms. The van der Waals surface area contributed by atoms with Gasteiger partial charge in [0, 0.05) is 10.0 Å². The van der Waals surface area contributed by atoms with Crippen molar-refractivity contribution in [1.29, 1.82) is 0 Å². The largest absolute Gasteiger partial charge is 0.469 e. The highest BCUT2D eigenvalue weighted by Gasteiger charge is 2.33. The molecule has 2 atom stereocenters. The molecule has 0 fully saturated rings. The number of carbonyl (C=O) groups excluding carboxylic acids is 1. The molecule has 0 saturated carbocycles.